The summed E-state index contributed by atoms with van der Waals surface area (Å²) in [6, 6.07) is 1.49. The molecule has 4 unspecified atom stereocenters. The average molecular weight is 267 g/mol. The van der Waals surface area contributed by atoms with Crippen molar-refractivity contribution in [1.29, 1.82) is 0 Å². The van der Waals surface area contributed by atoms with Gasteiger partial charge < -0.3 is 9.15 Å². The molecule has 4 atom stereocenters. The Kier molecular flexibility index (Phi) is 2.07. The summed E-state index contributed by atoms with van der Waals surface area (Å²) >= 11 is 0. The van der Waals surface area contributed by atoms with Crippen LogP contribution < -0.4 is 0 Å². The lowest BCUT2D eigenvalue weighted by Gasteiger charge is -2.17. The molecule has 0 spiro atoms. The van der Waals surface area contributed by atoms with Crippen molar-refractivity contribution in [3.8, 4) is 0 Å². The molecule has 2 bridgehead atoms. The predicted octanol–water partition coefficient (Wildman–Crippen LogP) is 0.854. The lowest BCUT2D eigenvalue weighted by molar-refractivity contribution is 0.0929. The van der Waals surface area contributed by atoms with Gasteiger partial charge in [-0.25, -0.2) is 8.42 Å². The number of fused-ring (bicyclic) bond motifs is 5. The molecule has 0 aromatic carbocycles. The predicted molar refractivity (Wildman–Crippen MR) is 62.2 cm³/mol. The van der Waals surface area contributed by atoms with Gasteiger partial charge in [0.1, 0.15) is 11.2 Å². The third-order valence-electron chi connectivity index (χ3n) is 4.16. The van der Waals surface area contributed by atoms with Crippen LogP contribution in [0, 0.1) is 11.8 Å². The van der Waals surface area contributed by atoms with Crippen molar-refractivity contribution in [3.05, 3.63) is 30.7 Å². The van der Waals surface area contributed by atoms with Crippen LogP contribution in [0.15, 0.2) is 40.1 Å². The molecule has 2 fully saturated rings. The number of nitrogens with zero attached hydrogens (tertiary/aromatic N) is 1. The minimum atomic E-state index is -3.40. The first kappa shape index (κ1) is 10.8. The average Bonchev–Trinajstić information content (AvgIpc) is 3.12. The van der Waals surface area contributed by atoms with Crippen LogP contribution in [-0.4, -0.2) is 38.0 Å². The number of hydrogen-bond donors (Lipinski definition) is 0. The summed E-state index contributed by atoms with van der Waals surface area (Å²) in [5.41, 5.74) is 0. The van der Waals surface area contributed by atoms with Crippen LogP contribution in [0.3, 0.4) is 0 Å². The second-order valence-corrected chi connectivity index (χ2v) is 7.00. The van der Waals surface area contributed by atoms with Crippen LogP contribution in [0.2, 0.25) is 0 Å². The second-order valence-electron chi connectivity index (χ2n) is 5.06. The third-order valence-corrected chi connectivity index (χ3v) is 5.97. The molecule has 6 heteroatoms. The molecule has 96 valence electrons. The maximum atomic E-state index is 12.4. The highest BCUT2D eigenvalue weighted by Crippen LogP contribution is 2.44. The quantitative estimate of drug-likeness (QED) is 0.745. The zero-order valence-electron chi connectivity index (χ0n) is 9.60. The molecular weight excluding hydrogens is 254 g/mol. The molecule has 3 aliphatic rings. The first-order valence-electron chi connectivity index (χ1n) is 6.02. The Labute approximate surface area is 105 Å². The van der Waals surface area contributed by atoms with E-state index in [0.717, 1.165) is 0 Å². The fraction of sp³-hybridized carbons (Fsp3) is 0.500. The minimum absolute atomic E-state index is 0.101. The molecule has 4 heterocycles. The Hall–Kier alpha value is -1.11. The Bertz CT molecular complexity index is 572. The van der Waals surface area contributed by atoms with E-state index in [1.165, 1.54) is 18.6 Å². The summed E-state index contributed by atoms with van der Waals surface area (Å²) in [5, 5.41) is 0. The van der Waals surface area contributed by atoms with Crippen molar-refractivity contribution >= 4 is 10.0 Å². The highest BCUT2D eigenvalue weighted by molar-refractivity contribution is 7.89. The fourth-order valence-electron chi connectivity index (χ4n) is 3.23. The Morgan fingerprint density at radius 3 is 2.39 bits per heavy atom. The van der Waals surface area contributed by atoms with Crippen LogP contribution in [0.4, 0.5) is 0 Å². The van der Waals surface area contributed by atoms with Crippen molar-refractivity contribution < 1.29 is 17.6 Å². The van der Waals surface area contributed by atoms with Gasteiger partial charge in [-0.15, -0.1) is 0 Å². The topological polar surface area (TPSA) is 59.8 Å². The van der Waals surface area contributed by atoms with Gasteiger partial charge in [-0.1, -0.05) is 12.2 Å². The summed E-state index contributed by atoms with van der Waals surface area (Å²) < 4.78 is 36.9. The summed E-state index contributed by atoms with van der Waals surface area (Å²) in [7, 11) is -3.40. The third kappa shape index (κ3) is 1.31. The smallest absolute Gasteiger partial charge is 0.246 e. The van der Waals surface area contributed by atoms with Crippen molar-refractivity contribution in [2.24, 2.45) is 11.8 Å². The Morgan fingerprint density at radius 1 is 1.17 bits per heavy atom. The summed E-state index contributed by atoms with van der Waals surface area (Å²) in [6.07, 6.45) is 6.99. The van der Waals surface area contributed by atoms with E-state index in [1.54, 1.807) is 4.31 Å². The van der Waals surface area contributed by atoms with Crippen LogP contribution in [0.25, 0.3) is 0 Å². The van der Waals surface area contributed by atoms with Crippen LogP contribution in [0.5, 0.6) is 0 Å². The fourth-order valence-corrected chi connectivity index (χ4v) is 4.67. The normalized spacial score (nSPS) is 38.4. The van der Waals surface area contributed by atoms with Crippen molar-refractivity contribution in [2.45, 2.75) is 17.1 Å². The maximum absolute atomic E-state index is 12.4. The van der Waals surface area contributed by atoms with Gasteiger partial charge in [0.15, 0.2) is 0 Å². The first-order chi connectivity index (χ1) is 8.66. The molecule has 0 radical (unpaired) electrons. The number of hydrogen-bond acceptors (Lipinski definition) is 4. The zero-order chi connectivity index (χ0) is 12.3. The van der Waals surface area contributed by atoms with Gasteiger partial charge in [0.05, 0.1) is 18.5 Å². The molecule has 3 aliphatic heterocycles. The minimum Gasteiger partial charge on any atom is -0.471 e. The molecule has 0 saturated carbocycles. The molecule has 0 N–H and O–H groups in total. The lowest BCUT2D eigenvalue weighted by atomic mass is 9.86. The molecule has 0 amide bonds. The second kappa shape index (κ2) is 3.46. The van der Waals surface area contributed by atoms with Gasteiger partial charge in [-0.2, -0.15) is 4.31 Å². The monoisotopic (exact) mass is 267 g/mol. The highest BCUT2D eigenvalue weighted by Gasteiger charge is 2.52. The number of rotatable bonds is 2. The molecule has 5 nitrogen and oxygen atoms in total. The van der Waals surface area contributed by atoms with Gasteiger partial charge in [-0.3, -0.25) is 0 Å². The number of ether oxygens (including phenoxy) is 1. The van der Waals surface area contributed by atoms with E-state index in [9.17, 15) is 8.42 Å². The van der Waals surface area contributed by atoms with Crippen molar-refractivity contribution in [3.63, 3.8) is 0 Å². The van der Waals surface area contributed by atoms with Gasteiger partial charge in [-0.05, 0) is 6.07 Å². The van der Waals surface area contributed by atoms with E-state index in [1.807, 2.05) is 0 Å². The van der Waals surface area contributed by atoms with Crippen LogP contribution in [-0.2, 0) is 14.8 Å². The van der Waals surface area contributed by atoms with E-state index in [4.69, 9.17) is 9.15 Å². The molecule has 1 aromatic rings. The van der Waals surface area contributed by atoms with Gasteiger partial charge in [0.2, 0.25) is 10.0 Å². The molecule has 2 saturated heterocycles. The molecule has 0 aliphatic carbocycles. The highest BCUT2D eigenvalue weighted by atomic mass is 32.2. The van der Waals surface area contributed by atoms with E-state index >= 15 is 0 Å². The van der Waals surface area contributed by atoms with Crippen molar-refractivity contribution in [2.75, 3.05) is 13.1 Å². The molecular formula is C12H13NO4S. The first-order valence-corrected chi connectivity index (χ1v) is 7.46. The molecule has 1 aromatic heterocycles. The van der Waals surface area contributed by atoms with Crippen molar-refractivity contribution in [1.82, 2.24) is 4.31 Å². The van der Waals surface area contributed by atoms with Crippen LogP contribution in [0.1, 0.15) is 0 Å². The zero-order valence-corrected chi connectivity index (χ0v) is 10.4. The molecule has 18 heavy (non-hydrogen) atoms. The van der Waals surface area contributed by atoms with E-state index in [-0.39, 0.29) is 17.1 Å². The SMILES string of the molecule is O=S(=O)(c1ccoc1)N1CC2C3C=CC(O3)C2C1. The van der Waals surface area contributed by atoms with Gasteiger partial charge >= 0.3 is 0 Å². The summed E-state index contributed by atoms with van der Waals surface area (Å²) in [5.74, 6) is 0.614. The maximum Gasteiger partial charge on any atom is 0.246 e. The van der Waals surface area contributed by atoms with Gasteiger partial charge in [0, 0.05) is 24.9 Å². The summed E-state index contributed by atoms with van der Waals surface area (Å²) in [6.45, 7) is 1.09. The Morgan fingerprint density at radius 2 is 1.83 bits per heavy atom. The standard InChI is InChI=1S/C12H13NO4S/c14-18(15,8-3-4-16-7-8)13-5-9-10(6-13)12-2-1-11(9)17-12/h1-4,7,9-12H,5-6H2. The number of sulfonamides is 1. The van der Waals surface area contributed by atoms with Gasteiger partial charge in [0.25, 0.3) is 0 Å². The van der Waals surface area contributed by atoms with Crippen LogP contribution >= 0.6 is 0 Å². The van der Waals surface area contributed by atoms with E-state index in [2.05, 4.69) is 12.2 Å². The lowest BCUT2D eigenvalue weighted by Crippen LogP contribution is -2.31. The number of furan rings is 1. The summed E-state index contributed by atoms with van der Waals surface area (Å²) in [4.78, 5) is 0.240. The van der Waals surface area contributed by atoms with E-state index < -0.39 is 10.0 Å². The van der Waals surface area contributed by atoms with E-state index in [0.29, 0.717) is 24.9 Å². The largest absolute Gasteiger partial charge is 0.471 e. The molecule has 4 rings (SSSR count). The Balaban J connectivity index is 1.63.